The summed E-state index contributed by atoms with van der Waals surface area (Å²) < 4.78 is 0. The fraction of sp³-hybridized carbons (Fsp3) is 0.966. The van der Waals surface area contributed by atoms with Crippen molar-refractivity contribution in [2.75, 3.05) is 0 Å². The van der Waals surface area contributed by atoms with E-state index in [1.807, 2.05) is 0 Å². The predicted octanol–water partition coefficient (Wildman–Crippen LogP) is 4.71. The Kier molecular flexibility index (Phi) is 35.1. The SMILES string of the molecule is CCCCCCCCCCCCC(CC)(CCCCCCCCCCCC)CC(=O)O.[H-].[H-].[Na+].[Na+]. The fourth-order valence-electron chi connectivity index (χ4n) is 5.08. The topological polar surface area (TPSA) is 37.3 Å². The maximum atomic E-state index is 11.5. The molecule has 2 nitrogen and oxygen atoms in total. The molecule has 0 aromatic heterocycles. The molecule has 4 heteroatoms. The van der Waals surface area contributed by atoms with Gasteiger partial charge in [-0.1, -0.05) is 149 Å². The molecule has 0 radical (unpaired) electrons. The Labute approximate surface area is 256 Å². The number of unbranched alkanes of at least 4 members (excludes halogenated alkanes) is 18. The second-order valence-corrected chi connectivity index (χ2v) is 10.3. The minimum absolute atomic E-state index is 0. The zero-order chi connectivity index (χ0) is 23.0. The summed E-state index contributed by atoms with van der Waals surface area (Å²) in [5.74, 6) is -0.596. The minimum Gasteiger partial charge on any atom is -1.00 e. The first-order valence-electron chi connectivity index (χ1n) is 14.3. The average Bonchev–Trinajstić information content (AvgIpc) is 2.75. The zero-order valence-corrected chi connectivity index (χ0v) is 27.8. The van der Waals surface area contributed by atoms with Crippen LogP contribution in [0.1, 0.15) is 178 Å². The molecule has 0 aliphatic heterocycles. The van der Waals surface area contributed by atoms with Crippen LogP contribution >= 0.6 is 0 Å². The largest absolute Gasteiger partial charge is 1.00 e. The molecule has 190 valence electrons. The van der Waals surface area contributed by atoms with Crippen LogP contribution in [0, 0.1) is 5.41 Å². The van der Waals surface area contributed by atoms with Gasteiger partial charge in [0.2, 0.25) is 0 Å². The second-order valence-electron chi connectivity index (χ2n) is 10.3. The summed E-state index contributed by atoms with van der Waals surface area (Å²) in [6.07, 6.45) is 30.7. The summed E-state index contributed by atoms with van der Waals surface area (Å²) in [7, 11) is 0. The predicted molar refractivity (Wildman–Crippen MR) is 140 cm³/mol. The number of carboxylic acids is 1. The van der Waals surface area contributed by atoms with Crippen molar-refractivity contribution < 1.29 is 71.9 Å². The van der Waals surface area contributed by atoms with Gasteiger partial charge in [-0.3, -0.25) is 4.79 Å². The van der Waals surface area contributed by atoms with E-state index in [2.05, 4.69) is 20.8 Å². The van der Waals surface area contributed by atoms with Gasteiger partial charge < -0.3 is 7.96 Å². The van der Waals surface area contributed by atoms with Gasteiger partial charge in [0.15, 0.2) is 0 Å². The quantitative estimate of drug-likeness (QED) is 0.150. The van der Waals surface area contributed by atoms with Crippen LogP contribution in [-0.4, -0.2) is 11.1 Å². The molecule has 0 bridgehead atoms. The third-order valence-corrected chi connectivity index (χ3v) is 7.40. The minimum atomic E-state index is -0.596. The molecule has 0 heterocycles. The van der Waals surface area contributed by atoms with Gasteiger partial charge in [0, 0.05) is 0 Å². The van der Waals surface area contributed by atoms with Crippen LogP contribution in [0.25, 0.3) is 0 Å². The van der Waals surface area contributed by atoms with E-state index in [1.54, 1.807) is 0 Å². The molecule has 1 N–H and O–H groups in total. The van der Waals surface area contributed by atoms with Crippen molar-refractivity contribution in [1.82, 2.24) is 0 Å². The van der Waals surface area contributed by atoms with E-state index in [-0.39, 0.29) is 67.4 Å². The molecule has 0 atom stereocenters. The normalized spacial score (nSPS) is 11.1. The van der Waals surface area contributed by atoms with Crippen LogP contribution in [0.4, 0.5) is 0 Å². The van der Waals surface area contributed by atoms with Crippen LogP contribution in [-0.2, 0) is 4.79 Å². The molecule has 0 aliphatic carbocycles. The first kappa shape index (κ1) is 39.0. The van der Waals surface area contributed by atoms with Crippen molar-refractivity contribution in [3.05, 3.63) is 0 Å². The van der Waals surface area contributed by atoms with Gasteiger partial charge in [-0.15, -0.1) is 0 Å². The van der Waals surface area contributed by atoms with E-state index in [0.29, 0.717) is 6.42 Å². The number of hydrogen-bond donors (Lipinski definition) is 1. The van der Waals surface area contributed by atoms with Gasteiger partial charge in [0.1, 0.15) is 0 Å². The van der Waals surface area contributed by atoms with Crippen molar-refractivity contribution in [3.8, 4) is 0 Å². The molecule has 0 aliphatic rings. The van der Waals surface area contributed by atoms with Crippen LogP contribution in [0.3, 0.4) is 0 Å². The average molecular weight is 487 g/mol. The Hall–Kier alpha value is 1.47. The molecule has 0 unspecified atom stereocenters. The molecule has 0 amide bonds. The van der Waals surface area contributed by atoms with E-state index in [9.17, 15) is 9.90 Å². The van der Waals surface area contributed by atoms with Crippen LogP contribution in [0.2, 0.25) is 0 Å². The summed E-state index contributed by atoms with van der Waals surface area (Å²) in [5.41, 5.74) is 0.0478. The van der Waals surface area contributed by atoms with E-state index in [4.69, 9.17) is 0 Å². The zero-order valence-electron chi connectivity index (χ0n) is 25.8. The summed E-state index contributed by atoms with van der Waals surface area (Å²) in [6, 6.07) is 0. The van der Waals surface area contributed by atoms with Crippen molar-refractivity contribution in [3.63, 3.8) is 0 Å². The van der Waals surface area contributed by atoms with Crippen molar-refractivity contribution in [2.45, 2.75) is 175 Å². The summed E-state index contributed by atoms with van der Waals surface area (Å²) in [6.45, 7) is 6.77. The van der Waals surface area contributed by atoms with E-state index in [0.717, 1.165) is 19.3 Å². The third-order valence-electron chi connectivity index (χ3n) is 7.40. The van der Waals surface area contributed by atoms with E-state index >= 15 is 0 Å². The molecular formula is C29H60Na2O2. The molecule has 0 saturated carbocycles. The van der Waals surface area contributed by atoms with E-state index in [1.165, 1.54) is 128 Å². The number of hydrogen-bond acceptors (Lipinski definition) is 1. The standard InChI is InChI=1S/C29H58O2.2Na.2H/c1-4-7-9-11-13-15-17-19-21-23-25-29(6-3,27-28(30)31)26-24-22-20-18-16-14-12-10-8-5-2;;;;/h4-27H2,1-3H3,(H,30,31);;;;/q;2*+1;2*-1. The van der Waals surface area contributed by atoms with Crippen molar-refractivity contribution in [1.29, 1.82) is 0 Å². The van der Waals surface area contributed by atoms with Gasteiger partial charge in [-0.05, 0) is 24.7 Å². The fourth-order valence-corrected chi connectivity index (χ4v) is 5.08. The first-order chi connectivity index (χ1) is 15.1. The van der Waals surface area contributed by atoms with Crippen LogP contribution in [0.15, 0.2) is 0 Å². The number of rotatable bonds is 25. The Morgan fingerprint density at radius 2 is 0.818 bits per heavy atom. The molecule has 0 fully saturated rings. The van der Waals surface area contributed by atoms with Crippen molar-refractivity contribution in [2.24, 2.45) is 5.41 Å². The Balaban J connectivity index is -0.000000750. The van der Waals surface area contributed by atoms with Gasteiger partial charge in [-0.25, -0.2) is 0 Å². The maximum Gasteiger partial charge on any atom is 1.00 e. The summed E-state index contributed by atoms with van der Waals surface area (Å²) in [4.78, 5) is 11.5. The summed E-state index contributed by atoms with van der Waals surface area (Å²) in [5, 5.41) is 9.50. The molecule has 0 rings (SSSR count). The van der Waals surface area contributed by atoms with Gasteiger partial charge in [-0.2, -0.15) is 0 Å². The number of carboxylic acid groups (broad SMARTS) is 1. The van der Waals surface area contributed by atoms with E-state index < -0.39 is 5.97 Å². The molecule has 33 heavy (non-hydrogen) atoms. The van der Waals surface area contributed by atoms with Gasteiger partial charge in [0.05, 0.1) is 6.42 Å². The molecule has 0 aromatic rings. The Bertz CT molecular complexity index is 375. The molecule has 0 aromatic carbocycles. The monoisotopic (exact) mass is 486 g/mol. The van der Waals surface area contributed by atoms with Gasteiger partial charge >= 0.3 is 65.1 Å². The van der Waals surface area contributed by atoms with Gasteiger partial charge in [0.25, 0.3) is 0 Å². The van der Waals surface area contributed by atoms with Crippen LogP contribution < -0.4 is 59.1 Å². The number of aliphatic carboxylic acids is 1. The maximum absolute atomic E-state index is 11.5. The molecule has 0 spiro atoms. The third kappa shape index (κ3) is 26.3. The summed E-state index contributed by atoms with van der Waals surface area (Å²) >= 11 is 0. The molecular weight excluding hydrogens is 426 g/mol. The van der Waals surface area contributed by atoms with Crippen LogP contribution in [0.5, 0.6) is 0 Å². The smallest absolute Gasteiger partial charge is 1.00 e. The number of carbonyl (C=O) groups is 1. The first-order valence-corrected chi connectivity index (χ1v) is 14.3. The van der Waals surface area contributed by atoms with Crippen molar-refractivity contribution >= 4 is 5.97 Å². The second kappa shape index (κ2) is 29.7. The Morgan fingerprint density at radius 3 is 1.06 bits per heavy atom. The molecule has 0 saturated heterocycles. The Morgan fingerprint density at radius 1 is 0.545 bits per heavy atom.